The van der Waals surface area contributed by atoms with Gasteiger partial charge in [-0.05, 0) is 37.8 Å². The normalized spacial score (nSPS) is 17.2. The predicted molar refractivity (Wildman–Crippen MR) is 99.0 cm³/mol. The molecule has 0 aromatic carbocycles. The van der Waals surface area contributed by atoms with E-state index < -0.39 is 0 Å². The van der Waals surface area contributed by atoms with Crippen LogP contribution >= 0.6 is 0 Å². The molecular weight excluding hydrogens is 340 g/mol. The minimum absolute atomic E-state index is 0. The molecule has 0 spiro atoms. The molecule has 0 unspecified atom stereocenters. The standard InChI is InChI=1S/C13H18N2O.C5H10.2CH3.Fe/c1-10(11-5-2-3-6-11)15-13(16)12-7-4-8-14-9-12;1-2-4-5-3-1;;;/h4,7-11H,2-3,5-6H2,1H3,(H,15,16);1-5H2;2*1H3;/q;;2*-1;+2/t10-;;;;/m1..../s1. The molecule has 1 N–H and O–H groups in total. The van der Waals surface area contributed by atoms with Crippen molar-refractivity contribution >= 4 is 5.91 Å². The van der Waals surface area contributed by atoms with Crippen LogP contribution in [0.5, 0.6) is 0 Å². The number of carbonyl (C=O) groups is 1. The summed E-state index contributed by atoms with van der Waals surface area (Å²) in [6.45, 7) is 2.10. The molecule has 3 nitrogen and oxygen atoms in total. The first kappa shape index (κ1) is 25.4. The summed E-state index contributed by atoms with van der Waals surface area (Å²) in [6, 6.07) is 3.86. The van der Waals surface area contributed by atoms with Crippen molar-refractivity contribution in [1.29, 1.82) is 0 Å². The number of amides is 1. The van der Waals surface area contributed by atoms with Crippen LogP contribution in [0, 0.1) is 20.8 Å². The third-order valence-corrected chi connectivity index (χ3v) is 4.64. The van der Waals surface area contributed by atoms with Gasteiger partial charge in [-0.1, -0.05) is 44.9 Å². The van der Waals surface area contributed by atoms with Gasteiger partial charge in [0, 0.05) is 18.4 Å². The molecule has 1 atom stereocenters. The van der Waals surface area contributed by atoms with Crippen molar-refractivity contribution < 1.29 is 21.9 Å². The molecule has 2 aliphatic rings. The molecule has 0 radical (unpaired) electrons. The fourth-order valence-corrected chi connectivity index (χ4v) is 3.25. The second-order valence-corrected chi connectivity index (χ2v) is 6.32. The van der Waals surface area contributed by atoms with Gasteiger partial charge in [0.25, 0.3) is 5.91 Å². The molecule has 0 aliphatic heterocycles. The van der Waals surface area contributed by atoms with E-state index in [2.05, 4.69) is 17.2 Å². The van der Waals surface area contributed by atoms with Gasteiger partial charge in [0.2, 0.25) is 0 Å². The van der Waals surface area contributed by atoms with E-state index in [1.54, 1.807) is 24.5 Å². The zero-order valence-electron chi connectivity index (χ0n) is 15.5. The van der Waals surface area contributed by atoms with E-state index >= 15 is 0 Å². The van der Waals surface area contributed by atoms with Crippen LogP contribution in [0.4, 0.5) is 0 Å². The third-order valence-electron chi connectivity index (χ3n) is 4.64. The molecule has 2 aliphatic carbocycles. The van der Waals surface area contributed by atoms with E-state index in [-0.39, 0.29) is 43.9 Å². The van der Waals surface area contributed by atoms with Crippen molar-refractivity contribution in [3.63, 3.8) is 0 Å². The van der Waals surface area contributed by atoms with Crippen molar-refractivity contribution in [2.24, 2.45) is 5.92 Å². The Bertz CT molecular complexity index is 407. The Kier molecular flexibility index (Phi) is 15.3. The van der Waals surface area contributed by atoms with E-state index in [1.165, 1.54) is 57.8 Å². The van der Waals surface area contributed by atoms with Crippen LogP contribution in [0.3, 0.4) is 0 Å². The summed E-state index contributed by atoms with van der Waals surface area (Å²) in [4.78, 5) is 15.8. The maximum absolute atomic E-state index is 11.9. The summed E-state index contributed by atoms with van der Waals surface area (Å²) in [5.74, 6) is 0.646. The van der Waals surface area contributed by atoms with Crippen molar-refractivity contribution in [3.8, 4) is 0 Å². The second-order valence-electron chi connectivity index (χ2n) is 6.32. The van der Waals surface area contributed by atoms with Crippen LogP contribution in [0.2, 0.25) is 0 Å². The van der Waals surface area contributed by atoms with Crippen molar-refractivity contribution in [1.82, 2.24) is 10.3 Å². The van der Waals surface area contributed by atoms with Gasteiger partial charge < -0.3 is 20.2 Å². The maximum atomic E-state index is 11.9. The molecule has 0 bridgehead atoms. The topological polar surface area (TPSA) is 42.0 Å². The summed E-state index contributed by atoms with van der Waals surface area (Å²) < 4.78 is 0. The van der Waals surface area contributed by atoms with Crippen LogP contribution in [0.15, 0.2) is 24.5 Å². The Hall–Kier alpha value is -0.861. The van der Waals surface area contributed by atoms with Crippen LogP contribution in [-0.2, 0) is 17.1 Å². The minimum atomic E-state index is -0.00694. The van der Waals surface area contributed by atoms with E-state index in [1.807, 2.05) is 0 Å². The number of aromatic nitrogens is 1. The largest absolute Gasteiger partial charge is 2.00 e. The SMILES string of the molecule is C1CCCC1.C[C@@H](NC(=O)c1cccnc1)C1CCCC1.[CH3-].[CH3-].[Fe+2]. The molecule has 2 fully saturated rings. The van der Waals surface area contributed by atoms with Gasteiger partial charge in [0.1, 0.15) is 0 Å². The molecule has 1 aromatic rings. The zero-order valence-corrected chi connectivity index (χ0v) is 16.6. The third kappa shape index (κ3) is 8.84. The summed E-state index contributed by atoms with van der Waals surface area (Å²) in [5.41, 5.74) is 0.646. The first-order valence-electron chi connectivity index (χ1n) is 8.48. The van der Waals surface area contributed by atoms with E-state index in [4.69, 9.17) is 0 Å². The summed E-state index contributed by atoms with van der Waals surface area (Å²) in [5, 5.41) is 3.06. The maximum Gasteiger partial charge on any atom is 2.00 e. The number of nitrogens with zero attached hydrogens (tertiary/aromatic N) is 1. The minimum Gasteiger partial charge on any atom is -0.358 e. The molecule has 24 heavy (non-hydrogen) atoms. The number of hydrogen-bond acceptors (Lipinski definition) is 2. The number of nitrogens with one attached hydrogen (secondary N) is 1. The van der Waals surface area contributed by atoms with Gasteiger partial charge in [0.15, 0.2) is 0 Å². The van der Waals surface area contributed by atoms with Crippen LogP contribution in [0.1, 0.15) is 75.1 Å². The summed E-state index contributed by atoms with van der Waals surface area (Å²) in [6.07, 6.45) is 15.9. The molecule has 1 heterocycles. The Balaban J connectivity index is 0. The van der Waals surface area contributed by atoms with E-state index in [0.717, 1.165) is 0 Å². The fourth-order valence-electron chi connectivity index (χ4n) is 3.25. The first-order valence-corrected chi connectivity index (χ1v) is 8.48. The monoisotopic (exact) mass is 374 g/mol. The quantitative estimate of drug-likeness (QED) is 0.581. The zero-order chi connectivity index (χ0) is 14.9. The average Bonchev–Trinajstić information content (AvgIpc) is 3.23. The molecule has 138 valence electrons. The van der Waals surface area contributed by atoms with Gasteiger partial charge in [-0.3, -0.25) is 9.78 Å². The van der Waals surface area contributed by atoms with Gasteiger partial charge in [-0.25, -0.2) is 0 Å². The smallest absolute Gasteiger partial charge is 0.358 e. The van der Waals surface area contributed by atoms with E-state index in [9.17, 15) is 4.79 Å². The second kappa shape index (κ2) is 14.5. The van der Waals surface area contributed by atoms with Crippen LogP contribution in [-0.4, -0.2) is 16.9 Å². The molecule has 1 aromatic heterocycles. The number of carbonyl (C=O) groups excluding carboxylic acids is 1. The number of pyridine rings is 1. The Morgan fingerprint density at radius 1 is 1.08 bits per heavy atom. The number of rotatable bonds is 3. The molecular formula is C20H34FeN2O. The van der Waals surface area contributed by atoms with Gasteiger partial charge in [-0.2, -0.15) is 0 Å². The Labute approximate surface area is 159 Å². The van der Waals surface area contributed by atoms with Crippen LogP contribution < -0.4 is 5.32 Å². The van der Waals surface area contributed by atoms with Crippen LogP contribution in [0.25, 0.3) is 0 Å². The molecule has 0 saturated heterocycles. The first-order chi connectivity index (χ1) is 10.3. The fraction of sp³-hybridized carbons (Fsp3) is 0.600. The Morgan fingerprint density at radius 3 is 2.08 bits per heavy atom. The summed E-state index contributed by atoms with van der Waals surface area (Å²) >= 11 is 0. The summed E-state index contributed by atoms with van der Waals surface area (Å²) in [7, 11) is 0. The van der Waals surface area contributed by atoms with E-state index in [0.29, 0.717) is 11.5 Å². The van der Waals surface area contributed by atoms with Gasteiger partial charge in [0.05, 0.1) is 5.56 Å². The van der Waals surface area contributed by atoms with Crippen molar-refractivity contribution in [2.75, 3.05) is 0 Å². The molecule has 2 saturated carbocycles. The average molecular weight is 374 g/mol. The molecule has 3 rings (SSSR count). The van der Waals surface area contributed by atoms with Gasteiger partial charge in [-0.15, -0.1) is 0 Å². The molecule has 1 amide bonds. The van der Waals surface area contributed by atoms with Crippen molar-refractivity contribution in [3.05, 3.63) is 44.9 Å². The van der Waals surface area contributed by atoms with Gasteiger partial charge >= 0.3 is 17.1 Å². The number of hydrogen-bond donors (Lipinski definition) is 1. The Morgan fingerprint density at radius 2 is 1.62 bits per heavy atom. The molecule has 4 heteroatoms. The predicted octanol–water partition coefficient (Wildman–Crippen LogP) is 5.24. The van der Waals surface area contributed by atoms with Crippen molar-refractivity contribution in [2.45, 2.75) is 70.8 Å².